The first kappa shape index (κ1) is 16.0. The van der Waals surface area contributed by atoms with Crippen molar-refractivity contribution in [1.29, 1.82) is 0 Å². The molecular weight excluding hydrogens is 332 g/mol. The molecule has 1 rings (SSSR count). The van der Waals surface area contributed by atoms with Crippen LogP contribution in [0.4, 0.5) is 10.5 Å². The van der Waals surface area contributed by atoms with E-state index < -0.39 is 18.0 Å². The molecular formula is C12H13BrN2O5. The summed E-state index contributed by atoms with van der Waals surface area (Å²) in [4.78, 5) is 34.9. The monoisotopic (exact) mass is 344 g/mol. The maximum Gasteiger partial charge on any atom is 0.336 e. The number of urea groups is 1. The van der Waals surface area contributed by atoms with E-state index in [0.717, 1.165) is 4.90 Å². The van der Waals surface area contributed by atoms with Crippen LogP contribution in [0.25, 0.3) is 0 Å². The van der Waals surface area contributed by atoms with Gasteiger partial charge in [-0.3, -0.25) is 4.79 Å². The van der Waals surface area contributed by atoms with Crippen molar-refractivity contribution in [3.05, 3.63) is 28.2 Å². The minimum absolute atomic E-state index is 0.0263. The second kappa shape index (κ2) is 6.90. The first-order valence-electron chi connectivity index (χ1n) is 5.47. The second-order valence-corrected chi connectivity index (χ2v) is 4.72. The highest BCUT2D eigenvalue weighted by molar-refractivity contribution is 9.10. The van der Waals surface area contributed by atoms with Crippen molar-refractivity contribution in [3.8, 4) is 0 Å². The van der Waals surface area contributed by atoms with E-state index in [2.05, 4.69) is 26.0 Å². The number of likely N-dealkylation sites (N-methyl/N-ethyl adjacent to an activating group) is 1. The van der Waals surface area contributed by atoms with E-state index in [1.165, 1.54) is 26.3 Å². The number of carboxylic acid groups (broad SMARTS) is 1. The number of esters is 1. The maximum absolute atomic E-state index is 11.8. The molecule has 0 saturated heterocycles. The number of carbonyl (C=O) groups is 3. The Morgan fingerprint density at radius 1 is 1.40 bits per heavy atom. The van der Waals surface area contributed by atoms with Gasteiger partial charge in [-0.2, -0.15) is 0 Å². The average molecular weight is 345 g/mol. The van der Waals surface area contributed by atoms with Crippen molar-refractivity contribution < 1.29 is 24.2 Å². The lowest BCUT2D eigenvalue weighted by atomic mass is 10.2. The molecule has 0 spiro atoms. The Morgan fingerprint density at radius 3 is 2.60 bits per heavy atom. The summed E-state index contributed by atoms with van der Waals surface area (Å²) in [5.41, 5.74) is 0.339. The fourth-order valence-electron chi connectivity index (χ4n) is 1.32. The van der Waals surface area contributed by atoms with Gasteiger partial charge < -0.3 is 20.1 Å². The largest absolute Gasteiger partial charge is 0.478 e. The number of carboxylic acids is 1. The molecule has 1 aromatic carbocycles. The highest BCUT2D eigenvalue weighted by atomic mass is 79.9. The van der Waals surface area contributed by atoms with Gasteiger partial charge in [-0.1, -0.05) is 0 Å². The molecule has 0 bridgehead atoms. The number of hydrogen-bond acceptors (Lipinski definition) is 4. The zero-order chi connectivity index (χ0) is 15.3. The van der Waals surface area contributed by atoms with Crippen molar-refractivity contribution in [2.45, 2.75) is 0 Å². The number of benzene rings is 1. The predicted octanol–water partition coefficient (Wildman–Crippen LogP) is 1.78. The summed E-state index contributed by atoms with van der Waals surface area (Å²) >= 11 is 3.10. The Kier molecular flexibility index (Phi) is 5.51. The molecule has 0 aromatic heterocycles. The molecule has 0 aliphatic heterocycles. The van der Waals surface area contributed by atoms with Gasteiger partial charge >= 0.3 is 18.0 Å². The van der Waals surface area contributed by atoms with Crippen LogP contribution in [0.1, 0.15) is 10.4 Å². The van der Waals surface area contributed by atoms with Gasteiger partial charge in [0.25, 0.3) is 0 Å². The zero-order valence-corrected chi connectivity index (χ0v) is 12.4. The number of anilines is 1. The molecule has 1 aromatic rings. The number of halogens is 1. The number of methoxy groups -OCH3 is 1. The van der Waals surface area contributed by atoms with Gasteiger partial charge in [0, 0.05) is 17.2 Å². The maximum atomic E-state index is 11.8. The van der Waals surface area contributed by atoms with E-state index in [1.54, 1.807) is 6.07 Å². The van der Waals surface area contributed by atoms with E-state index in [4.69, 9.17) is 5.11 Å². The highest BCUT2D eigenvalue weighted by Crippen LogP contribution is 2.21. The standard InChI is InChI=1S/C12H13BrN2O5/c1-15(6-10(16)20-2)12(19)14-7-3-4-9(13)8(5-7)11(17)18/h3-5H,6H2,1-2H3,(H,14,19)(H,17,18). The minimum Gasteiger partial charge on any atom is -0.478 e. The Labute approximate surface area is 123 Å². The van der Waals surface area contributed by atoms with E-state index in [0.29, 0.717) is 10.2 Å². The SMILES string of the molecule is COC(=O)CN(C)C(=O)Nc1ccc(Br)c(C(=O)O)c1. The van der Waals surface area contributed by atoms with Crippen LogP contribution in [0.15, 0.2) is 22.7 Å². The van der Waals surface area contributed by atoms with Crippen molar-refractivity contribution in [2.24, 2.45) is 0 Å². The van der Waals surface area contributed by atoms with E-state index in [9.17, 15) is 14.4 Å². The van der Waals surface area contributed by atoms with Crippen LogP contribution < -0.4 is 5.32 Å². The lowest BCUT2D eigenvalue weighted by Gasteiger charge is -2.16. The van der Waals surface area contributed by atoms with Crippen LogP contribution in [-0.4, -0.2) is 48.7 Å². The molecule has 0 aliphatic rings. The fourth-order valence-corrected chi connectivity index (χ4v) is 1.73. The predicted molar refractivity (Wildman–Crippen MR) is 74.8 cm³/mol. The normalized spacial score (nSPS) is 9.75. The first-order chi connectivity index (χ1) is 9.35. The molecule has 7 nitrogen and oxygen atoms in total. The van der Waals surface area contributed by atoms with Gasteiger partial charge in [-0.25, -0.2) is 9.59 Å². The van der Waals surface area contributed by atoms with E-state index in [1.807, 2.05) is 0 Å². The van der Waals surface area contributed by atoms with Crippen LogP contribution in [0.5, 0.6) is 0 Å². The third-order valence-electron chi connectivity index (χ3n) is 2.39. The number of carbonyl (C=O) groups excluding carboxylic acids is 2. The van der Waals surface area contributed by atoms with Crippen molar-refractivity contribution in [3.63, 3.8) is 0 Å². The molecule has 0 saturated carbocycles. The third kappa shape index (κ3) is 4.23. The number of amides is 2. The van der Waals surface area contributed by atoms with Crippen LogP contribution in [-0.2, 0) is 9.53 Å². The number of hydrogen-bond donors (Lipinski definition) is 2. The van der Waals surface area contributed by atoms with Crippen molar-refractivity contribution >= 4 is 39.6 Å². The first-order valence-corrected chi connectivity index (χ1v) is 6.26. The van der Waals surface area contributed by atoms with Crippen molar-refractivity contribution in [2.75, 3.05) is 26.0 Å². The molecule has 0 atom stereocenters. The number of rotatable bonds is 4. The minimum atomic E-state index is -1.11. The summed E-state index contributed by atoms with van der Waals surface area (Å²) in [6.07, 6.45) is 0. The molecule has 0 fully saturated rings. The van der Waals surface area contributed by atoms with Gasteiger partial charge in [-0.05, 0) is 34.1 Å². The summed E-state index contributed by atoms with van der Waals surface area (Å²) in [5, 5.41) is 11.5. The smallest absolute Gasteiger partial charge is 0.336 e. The average Bonchev–Trinajstić information content (AvgIpc) is 2.40. The lowest BCUT2D eigenvalue weighted by molar-refractivity contribution is -0.140. The Hall–Kier alpha value is -2.09. The van der Waals surface area contributed by atoms with E-state index >= 15 is 0 Å². The Balaban J connectivity index is 2.78. The quantitative estimate of drug-likeness (QED) is 0.811. The molecule has 0 radical (unpaired) electrons. The molecule has 0 heterocycles. The van der Waals surface area contributed by atoms with Gasteiger partial charge in [0.1, 0.15) is 6.54 Å². The van der Waals surface area contributed by atoms with Gasteiger partial charge in [0.2, 0.25) is 0 Å². The molecule has 108 valence electrons. The van der Waals surface area contributed by atoms with E-state index in [-0.39, 0.29) is 12.1 Å². The summed E-state index contributed by atoms with van der Waals surface area (Å²) in [6.45, 7) is -0.204. The molecule has 20 heavy (non-hydrogen) atoms. The van der Waals surface area contributed by atoms with Crippen LogP contribution in [0.3, 0.4) is 0 Å². The number of nitrogens with zero attached hydrogens (tertiary/aromatic N) is 1. The number of nitrogens with one attached hydrogen (secondary N) is 1. The fraction of sp³-hybridized carbons (Fsp3) is 0.250. The summed E-state index contributed by atoms with van der Waals surface area (Å²) < 4.78 is 4.85. The molecule has 0 unspecified atom stereocenters. The van der Waals surface area contributed by atoms with Crippen molar-refractivity contribution in [1.82, 2.24) is 4.90 Å². The summed E-state index contributed by atoms with van der Waals surface area (Å²) in [7, 11) is 2.64. The molecule has 2 amide bonds. The van der Waals surface area contributed by atoms with Gasteiger partial charge in [0.05, 0.1) is 12.7 Å². The lowest BCUT2D eigenvalue weighted by Crippen LogP contribution is -2.35. The molecule has 2 N–H and O–H groups in total. The zero-order valence-electron chi connectivity index (χ0n) is 10.8. The van der Waals surface area contributed by atoms with Gasteiger partial charge in [-0.15, -0.1) is 0 Å². The second-order valence-electron chi connectivity index (χ2n) is 3.86. The summed E-state index contributed by atoms with van der Waals surface area (Å²) in [6, 6.07) is 3.82. The Bertz CT molecular complexity index is 547. The number of aromatic carboxylic acids is 1. The Morgan fingerprint density at radius 2 is 2.05 bits per heavy atom. The molecule has 0 aliphatic carbocycles. The molecule has 8 heteroatoms. The van der Waals surface area contributed by atoms with Crippen LogP contribution >= 0.6 is 15.9 Å². The van der Waals surface area contributed by atoms with Crippen LogP contribution in [0.2, 0.25) is 0 Å². The summed E-state index contributed by atoms with van der Waals surface area (Å²) in [5.74, 6) is -1.67. The highest BCUT2D eigenvalue weighted by Gasteiger charge is 2.15. The van der Waals surface area contributed by atoms with Gasteiger partial charge in [0.15, 0.2) is 0 Å². The van der Waals surface area contributed by atoms with Crippen LogP contribution in [0, 0.1) is 0 Å². The topological polar surface area (TPSA) is 95.9 Å². The number of ether oxygens (including phenoxy) is 1. The third-order valence-corrected chi connectivity index (χ3v) is 3.08.